The normalized spacial score (nSPS) is 15.6. The molecule has 0 radical (unpaired) electrons. The van der Waals surface area contributed by atoms with E-state index in [4.69, 9.17) is 11.6 Å². The number of carbonyl (C=O) groups excluding carboxylic acids is 1. The second-order valence-electron chi connectivity index (χ2n) is 7.56. The molecular formula is C21H26ClN3O. The maximum Gasteiger partial charge on any atom is 0.244 e. The molecule has 0 saturated heterocycles. The zero-order valence-corrected chi connectivity index (χ0v) is 16.4. The van der Waals surface area contributed by atoms with Crippen molar-refractivity contribution in [3.8, 4) is 0 Å². The average Bonchev–Trinajstić information content (AvgIpc) is 3.36. The van der Waals surface area contributed by atoms with Crippen LogP contribution in [0.1, 0.15) is 43.5 Å². The fraction of sp³-hybridized carbons (Fsp3) is 0.429. The van der Waals surface area contributed by atoms with Gasteiger partial charge in [-0.15, -0.1) is 0 Å². The first kappa shape index (κ1) is 18.7. The van der Waals surface area contributed by atoms with Crippen molar-refractivity contribution in [2.24, 2.45) is 5.92 Å². The van der Waals surface area contributed by atoms with E-state index in [-0.39, 0.29) is 11.3 Å². The molecule has 0 aliphatic heterocycles. The Labute approximate surface area is 160 Å². The van der Waals surface area contributed by atoms with Crippen molar-refractivity contribution in [1.82, 2.24) is 15.1 Å². The summed E-state index contributed by atoms with van der Waals surface area (Å²) in [7, 11) is 0. The van der Waals surface area contributed by atoms with Crippen molar-refractivity contribution in [2.75, 3.05) is 6.54 Å². The number of aryl methyl sites for hydroxylation is 1. The molecule has 0 bridgehead atoms. The van der Waals surface area contributed by atoms with Gasteiger partial charge in [-0.2, -0.15) is 5.10 Å². The number of benzene rings is 1. The number of hydrogen-bond acceptors (Lipinski definition) is 2. The summed E-state index contributed by atoms with van der Waals surface area (Å²) in [6, 6.07) is 10.4. The van der Waals surface area contributed by atoms with Gasteiger partial charge in [0.2, 0.25) is 5.91 Å². The molecule has 1 saturated carbocycles. The third-order valence-corrected chi connectivity index (χ3v) is 5.29. The summed E-state index contributed by atoms with van der Waals surface area (Å²) in [6.07, 6.45) is 5.55. The molecule has 0 spiro atoms. The van der Waals surface area contributed by atoms with Crippen molar-refractivity contribution < 1.29 is 4.79 Å². The van der Waals surface area contributed by atoms with E-state index in [2.05, 4.69) is 48.5 Å². The van der Waals surface area contributed by atoms with Crippen LogP contribution in [0.4, 0.5) is 0 Å². The molecule has 26 heavy (non-hydrogen) atoms. The molecule has 1 aliphatic rings. The van der Waals surface area contributed by atoms with Crippen LogP contribution in [-0.2, 0) is 16.8 Å². The van der Waals surface area contributed by atoms with Gasteiger partial charge in [0.15, 0.2) is 0 Å². The van der Waals surface area contributed by atoms with Crippen LogP contribution in [0.25, 0.3) is 6.08 Å². The van der Waals surface area contributed by atoms with Crippen LogP contribution in [0.5, 0.6) is 0 Å². The van der Waals surface area contributed by atoms with Crippen LogP contribution in [0.2, 0.25) is 5.15 Å². The third-order valence-electron chi connectivity index (χ3n) is 4.89. The smallest absolute Gasteiger partial charge is 0.244 e. The number of rotatable bonds is 7. The summed E-state index contributed by atoms with van der Waals surface area (Å²) in [6.45, 7) is 7.58. The van der Waals surface area contributed by atoms with Crippen LogP contribution in [0.15, 0.2) is 36.4 Å². The molecule has 0 unspecified atom stereocenters. The highest BCUT2D eigenvalue weighted by Gasteiger charge is 2.44. The molecule has 138 valence electrons. The lowest BCUT2D eigenvalue weighted by atomic mass is 9.96. The minimum Gasteiger partial charge on any atom is -0.352 e. The molecule has 1 aliphatic carbocycles. The van der Waals surface area contributed by atoms with Gasteiger partial charge in [0, 0.05) is 30.1 Å². The van der Waals surface area contributed by atoms with Crippen LogP contribution in [0.3, 0.4) is 0 Å². The molecule has 1 amide bonds. The number of nitrogens with one attached hydrogen (secondary N) is 1. The lowest BCUT2D eigenvalue weighted by Gasteiger charge is -2.15. The summed E-state index contributed by atoms with van der Waals surface area (Å²) in [5, 5.41) is 8.09. The summed E-state index contributed by atoms with van der Waals surface area (Å²) in [4.78, 5) is 12.3. The number of hydrogen-bond donors (Lipinski definition) is 1. The largest absolute Gasteiger partial charge is 0.352 e. The van der Waals surface area contributed by atoms with Crippen LogP contribution in [-0.4, -0.2) is 22.2 Å². The van der Waals surface area contributed by atoms with E-state index in [1.54, 1.807) is 16.8 Å². The number of amides is 1. The fourth-order valence-corrected chi connectivity index (χ4v) is 3.51. The predicted molar refractivity (Wildman–Crippen MR) is 106 cm³/mol. The molecule has 0 atom stereocenters. The number of nitrogens with zero attached hydrogens (tertiary/aromatic N) is 2. The molecule has 3 rings (SSSR count). The highest BCUT2D eigenvalue weighted by Crippen LogP contribution is 2.47. The summed E-state index contributed by atoms with van der Waals surface area (Å²) < 4.78 is 1.80. The minimum atomic E-state index is -0.0979. The van der Waals surface area contributed by atoms with E-state index in [0.29, 0.717) is 17.6 Å². The fourth-order valence-electron chi connectivity index (χ4n) is 3.21. The lowest BCUT2D eigenvalue weighted by molar-refractivity contribution is -0.116. The monoisotopic (exact) mass is 371 g/mol. The van der Waals surface area contributed by atoms with Crippen LogP contribution in [0, 0.1) is 12.8 Å². The van der Waals surface area contributed by atoms with Gasteiger partial charge in [-0.25, -0.2) is 0 Å². The molecule has 1 N–H and O–H groups in total. The Morgan fingerprint density at radius 2 is 2.04 bits per heavy atom. The van der Waals surface area contributed by atoms with Gasteiger partial charge in [0.1, 0.15) is 5.15 Å². The standard InChI is InChI=1S/C21H26ClN3O/c1-15(2)13-25-20(22)18(16(3)24-25)9-10-19(26)23-14-21(11-12-21)17-7-5-4-6-8-17/h4-10,15H,11-14H2,1-3H3,(H,23,26)/b10-9+. The van der Waals surface area contributed by atoms with E-state index in [0.717, 1.165) is 30.6 Å². The van der Waals surface area contributed by atoms with E-state index in [1.165, 1.54) is 5.56 Å². The average molecular weight is 372 g/mol. The van der Waals surface area contributed by atoms with Gasteiger partial charge in [-0.05, 0) is 37.3 Å². The second kappa shape index (κ2) is 7.67. The molecule has 5 heteroatoms. The molecule has 1 heterocycles. The molecule has 1 aromatic carbocycles. The highest BCUT2D eigenvalue weighted by molar-refractivity contribution is 6.31. The Morgan fingerprint density at radius 1 is 1.35 bits per heavy atom. The second-order valence-corrected chi connectivity index (χ2v) is 7.92. The SMILES string of the molecule is Cc1nn(CC(C)C)c(Cl)c1/C=C/C(=O)NCC1(c2ccccc2)CC1. The van der Waals surface area contributed by atoms with Gasteiger partial charge in [-0.3, -0.25) is 9.48 Å². The first-order chi connectivity index (χ1) is 12.4. The third kappa shape index (κ3) is 4.18. The Morgan fingerprint density at radius 3 is 2.65 bits per heavy atom. The van der Waals surface area contributed by atoms with Gasteiger partial charge in [0.25, 0.3) is 0 Å². The highest BCUT2D eigenvalue weighted by atomic mass is 35.5. The zero-order valence-electron chi connectivity index (χ0n) is 15.6. The number of halogens is 1. The number of aromatic nitrogens is 2. The Hall–Kier alpha value is -2.07. The van der Waals surface area contributed by atoms with Gasteiger partial charge < -0.3 is 5.32 Å². The van der Waals surface area contributed by atoms with Crippen molar-refractivity contribution in [1.29, 1.82) is 0 Å². The van der Waals surface area contributed by atoms with Crippen LogP contribution >= 0.6 is 11.6 Å². The maximum atomic E-state index is 12.3. The molecule has 1 fully saturated rings. The summed E-state index contributed by atoms with van der Waals surface area (Å²) in [5.41, 5.74) is 3.06. The maximum absolute atomic E-state index is 12.3. The van der Waals surface area contributed by atoms with Crippen molar-refractivity contribution in [3.63, 3.8) is 0 Å². The summed E-state index contributed by atoms with van der Waals surface area (Å²) >= 11 is 6.41. The topological polar surface area (TPSA) is 46.9 Å². The predicted octanol–water partition coefficient (Wildman–Crippen LogP) is 4.36. The van der Waals surface area contributed by atoms with E-state index < -0.39 is 0 Å². The Bertz CT molecular complexity index is 804. The Kier molecular flexibility index (Phi) is 5.52. The van der Waals surface area contributed by atoms with E-state index in [1.807, 2.05) is 13.0 Å². The molecule has 4 nitrogen and oxygen atoms in total. The molecular weight excluding hydrogens is 346 g/mol. The van der Waals surface area contributed by atoms with Crippen molar-refractivity contribution >= 4 is 23.6 Å². The van der Waals surface area contributed by atoms with Gasteiger partial charge in [0.05, 0.1) is 5.69 Å². The lowest BCUT2D eigenvalue weighted by Crippen LogP contribution is -2.30. The number of carbonyl (C=O) groups is 1. The first-order valence-electron chi connectivity index (χ1n) is 9.16. The van der Waals surface area contributed by atoms with Gasteiger partial charge >= 0.3 is 0 Å². The van der Waals surface area contributed by atoms with E-state index >= 15 is 0 Å². The first-order valence-corrected chi connectivity index (χ1v) is 9.53. The van der Waals surface area contributed by atoms with Crippen molar-refractivity contribution in [2.45, 2.75) is 45.6 Å². The zero-order chi connectivity index (χ0) is 18.7. The van der Waals surface area contributed by atoms with Gasteiger partial charge in [-0.1, -0.05) is 55.8 Å². The minimum absolute atomic E-state index is 0.0979. The summed E-state index contributed by atoms with van der Waals surface area (Å²) in [5.74, 6) is 0.360. The molecule has 1 aromatic heterocycles. The van der Waals surface area contributed by atoms with Crippen molar-refractivity contribution in [3.05, 3.63) is 58.4 Å². The molecule has 2 aromatic rings. The Balaban J connectivity index is 1.61. The quantitative estimate of drug-likeness (QED) is 0.735. The van der Waals surface area contributed by atoms with Crippen LogP contribution < -0.4 is 5.32 Å². The van der Waals surface area contributed by atoms with E-state index in [9.17, 15) is 4.79 Å².